The van der Waals surface area contributed by atoms with Gasteiger partial charge in [0.1, 0.15) is 0 Å². The lowest BCUT2D eigenvalue weighted by Gasteiger charge is -2.20. The summed E-state index contributed by atoms with van der Waals surface area (Å²) in [6.45, 7) is 6.48. The largest absolute Gasteiger partial charge is 0.380 e. The lowest BCUT2D eigenvalue weighted by molar-refractivity contribution is -0.130. The third-order valence-electron chi connectivity index (χ3n) is 3.97. The molecule has 0 atom stereocenters. The van der Waals surface area contributed by atoms with Crippen LogP contribution in [0.2, 0.25) is 0 Å². The Kier molecular flexibility index (Phi) is 3.93. The number of nitrogens with two attached hydrogens (primary N) is 1. The summed E-state index contributed by atoms with van der Waals surface area (Å²) in [7, 11) is 0. The van der Waals surface area contributed by atoms with Crippen molar-refractivity contribution in [3.63, 3.8) is 0 Å². The molecule has 118 valence electrons. The summed E-state index contributed by atoms with van der Waals surface area (Å²) in [4.78, 5) is 22.8. The maximum Gasteiger partial charge on any atom is 0.254 e. The second-order valence-electron chi connectivity index (χ2n) is 5.47. The van der Waals surface area contributed by atoms with Crippen LogP contribution in [0.15, 0.2) is 0 Å². The molecule has 0 aliphatic carbocycles. The van der Waals surface area contributed by atoms with Gasteiger partial charge in [0.2, 0.25) is 11.9 Å². The average Bonchev–Trinajstić information content (AvgIpc) is 2.70. The minimum Gasteiger partial charge on any atom is -0.380 e. The molecule has 0 saturated carbocycles. The molecule has 1 aliphatic heterocycles. The first kappa shape index (κ1) is 14.7. The Morgan fingerprint density at radius 1 is 1.27 bits per heavy atom. The van der Waals surface area contributed by atoms with E-state index in [1.807, 2.05) is 18.7 Å². The highest BCUT2D eigenvalue weighted by Gasteiger charge is 2.20. The van der Waals surface area contributed by atoms with E-state index in [-0.39, 0.29) is 11.9 Å². The molecular formula is C14H20N6O2. The van der Waals surface area contributed by atoms with Crippen molar-refractivity contribution in [2.24, 2.45) is 0 Å². The molecule has 0 unspecified atom stereocenters. The molecule has 22 heavy (non-hydrogen) atoms. The third-order valence-corrected chi connectivity index (χ3v) is 3.97. The maximum absolute atomic E-state index is 12.5. The lowest BCUT2D eigenvalue weighted by Crippen LogP contribution is -2.34. The van der Waals surface area contributed by atoms with Gasteiger partial charge in [-0.05, 0) is 20.3 Å². The smallest absolute Gasteiger partial charge is 0.254 e. The quantitative estimate of drug-likeness (QED) is 0.846. The number of hydrogen-bond donors (Lipinski definition) is 1. The summed E-state index contributed by atoms with van der Waals surface area (Å²) >= 11 is 0. The SMILES string of the molecule is Cc1nc2nc(N)nn2c(C)c1CC(=O)N1CCCOCC1. The van der Waals surface area contributed by atoms with Gasteiger partial charge in [0.05, 0.1) is 13.0 Å². The summed E-state index contributed by atoms with van der Waals surface area (Å²) in [5.41, 5.74) is 8.15. The van der Waals surface area contributed by atoms with Gasteiger partial charge in [-0.25, -0.2) is 4.98 Å². The van der Waals surface area contributed by atoms with E-state index < -0.39 is 0 Å². The van der Waals surface area contributed by atoms with Gasteiger partial charge in [-0.2, -0.15) is 9.50 Å². The van der Waals surface area contributed by atoms with Crippen LogP contribution in [0.4, 0.5) is 5.95 Å². The fraction of sp³-hybridized carbons (Fsp3) is 0.571. The van der Waals surface area contributed by atoms with Gasteiger partial charge in [0, 0.05) is 36.6 Å². The van der Waals surface area contributed by atoms with Crippen molar-refractivity contribution in [2.45, 2.75) is 26.7 Å². The molecule has 8 nitrogen and oxygen atoms in total. The lowest BCUT2D eigenvalue weighted by atomic mass is 10.1. The van der Waals surface area contributed by atoms with Crippen LogP contribution in [0.1, 0.15) is 23.4 Å². The first-order valence-corrected chi connectivity index (χ1v) is 7.40. The van der Waals surface area contributed by atoms with Crippen LogP contribution in [0.5, 0.6) is 0 Å². The molecule has 0 aromatic carbocycles. The topological polar surface area (TPSA) is 98.6 Å². The second-order valence-corrected chi connectivity index (χ2v) is 5.47. The number of carbonyl (C=O) groups excluding carboxylic acids is 1. The maximum atomic E-state index is 12.5. The zero-order valence-electron chi connectivity index (χ0n) is 12.9. The molecule has 0 radical (unpaired) electrons. The fourth-order valence-corrected chi connectivity index (χ4v) is 2.74. The number of aryl methyl sites for hydroxylation is 2. The van der Waals surface area contributed by atoms with Crippen molar-refractivity contribution in [1.82, 2.24) is 24.5 Å². The van der Waals surface area contributed by atoms with Crippen LogP contribution < -0.4 is 5.73 Å². The van der Waals surface area contributed by atoms with Crippen molar-refractivity contribution in [3.8, 4) is 0 Å². The fourth-order valence-electron chi connectivity index (χ4n) is 2.74. The number of amides is 1. The van der Waals surface area contributed by atoms with Crippen molar-refractivity contribution in [3.05, 3.63) is 17.0 Å². The zero-order valence-corrected chi connectivity index (χ0v) is 12.9. The first-order valence-electron chi connectivity index (χ1n) is 7.40. The van der Waals surface area contributed by atoms with E-state index in [1.54, 1.807) is 4.52 Å². The van der Waals surface area contributed by atoms with E-state index in [1.165, 1.54) is 0 Å². The molecule has 0 spiro atoms. The summed E-state index contributed by atoms with van der Waals surface area (Å²) < 4.78 is 6.98. The predicted octanol–water partition coefficient (Wildman–Crippen LogP) is 0.115. The molecule has 8 heteroatoms. The number of hydrogen-bond acceptors (Lipinski definition) is 6. The number of ether oxygens (including phenoxy) is 1. The predicted molar refractivity (Wildman–Crippen MR) is 80.4 cm³/mol. The van der Waals surface area contributed by atoms with Gasteiger partial charge in [-0.1, -0.05) is 0 Å². The highest BCUT2D eigenvalue weighted by Crippen LogP contribution is 2.16. The van der Waals surface area contributed by atoms with E-state index in [2.05, 4.69) is 15.1 Å². The van der Waals surface area contributed by atoms with Crippen LogP contribution in [0.3, 0.4) is 0 Å². The third kappa shape index (κ3) is 2.74. The summed E-state index contributed by atoms with van der Waals surface area (Å²) in [5, 5.41) is 4.13. The van der Waals surface area contributed by atoms with Gasteiger partial charge < -0.3 is 15.4 Å². The van der Waals surface area contributed by atoms with E-state index in [4.69, 9.17) is 10.5 Å². The van der Waals surface area contributed by atoms with Gasteiger partial charge in [-0.15, -0.1) is 5.10 Å². The number of nitrogen functional groups attached to an aromatic ring is 1. The second kappa shape index (κ2) is 5.88. The summed E-state index contributed by atoms with van der Waals surface area (Å²) in [6, 6.07) is 0. The van der Waals surface area contributed by atoms with Crippen LogP contribution >= 0.6 is 0 Å². The van der Waals surface area contributed by atoms with Crippen molar-refractivity contribution >= 4 is 17.6 Å². The van der Waals surface area contributed by atoms with Crippen molar-refractivity contribution in [1.29, 1.82) is 0 Å². The van der Waals surface area contributed by atoms with E-state index in [0.717, 1.165) is 29.9 Å². The van der Waals surface area contributed by atoms with Crippen LogP contribution in [0.25, 0.3) is 5.78 Å². The van der Waals surface area contributed by atoms with E-state index >= 15 is 0 Å². The molecule has 3 heterocycles. The van der Waals surface area contributed by atoms with Gasteiger partial charge in [0.25, 0.3) is 5.78 Å². The number of carbonyl (C=O) groups is 1. The Bertz CT molecular complexity index is 703. The number of fused-ring (bicyclic) bond motifs is 1. The van der Waals surface area contributed by atoms with Gasteiger partial charge in [0.15, 0.2) is 0 Å². The Morgan fingerprint density at radius 2 is 2.09 bits per heavy atom. The molecule has 2 N–H and O–H groups in total. The Morgan fingerprint density at radius 3 is 2.91 bits per heavy atom. The Labute approximate surface area is 128 Å². The minimum atomic E-state index is 0.0888. The molecular weight excluding hydrogens is 284 g/mol. The first-order chi connectivity index (χ1) is 10.6. The van der Waals surface area contributed by atoms with Crippen LogP contribution in [-0.4, -0.2) is 56.7 Å². The normalized spacial score (nSPS) is 16.0. The summed E-state index contributed by atoms with van der Waals surface area (Å²) in [6.07, 6.45) is 1.18. The van der Waals surface area contributed by atoms with Crippen molar-refractivity contribution in [2.75, 3.05) is 32.0 Å². The standard InChI is InChI=1S/C14H20N6O2/c1-9-11(8-12(21)19-4-3-6-22-7-5-19)10(2)20-14(16-9)17-13(15)18-20/h3-8H2,1-2H3,(H2,15,18). The van der Waals surface area contributed by atoms with E-state index in [9.17, 15) is 4.79 Å². The highest BCUT2D eigenvalue weighted by molar-refractivity contribution is 5.79. The molecule has 3 rings (SSSR count). The molecule has 0 bridgehead atoms. The number of aromatic nitrogens is 4. The number of nitrogens with zero attached hydrogens (tertiary/aromatic N) is 5. The molecule has 1 saturated heterocycles. The van der Waals surface area contributed by atoms with Crippen LogP contribution in [0, 0.1) is 13.8 Å². The Hall–Kier alpha value is -2.22. The molecule has 1 aliphatic rings. The number of rotatable bonds is 2. The average molecular weight is 304 g/mol. The molecule has 2 aromatic rings. The monoisotopic (exact) mass is 304 g/mol. The minimum absolute atomic E-state index is 0.0888. The van der Waals surface area contributed by atoms with Crippen molar-refractivity contribution < 1.29 is 9.53 Å². The summed E-state index contributed by atoms with van der Waals surface area (Å²) in [5.74, 6) is 0.737. The highest BCUT2D eigenvalue weighted by atomic mass is 16.5. The van der Waals surface area contributed by atoms with Gasteiger partial charge >= 0.3 is 0 Å². The molecule has 1 fully saturated rings. The zero-order chi connectivity index (χ0) is 15.7. The number of anilines is 1. The Balaban J connectivity index is 1.87. The van der Waals surface area contributed by atoms with E-state index in [0.29, 0.717) is 32.0 Å². The van der Waals surface area contributed by atoms with Crippen LogP contribution in [-0.2, 0) is 16.0 Å². The van der Waals surface area contributed by atoms with Gasteiger partial charge in [-0.3, -0.25) is 4.79 Å². The molecule has 1 amide bonds. The molecule has 2 aromatic heterocycles.